The number of carbonyl (C=O) groups excluding carboxylic acids is 2. The molecule has 2 amide bonds. The molecule has 9 nitrogen and oxygen atoms in total. The van der Waals surface area contributed by atoms with Gasteiger partial charge < -0.3 is 14.2 Å². The lowest BCUT2D eigenvalue weighted by Gasteiger charge is -2.34. The van der Waals surface area contributed by atoms with Gasteiger partial charge in [0.15, 0.2) is 0 Å². The van der Waals surface area contributed by atoms with Gasteiger partial charge in [0.25, 0.3) is 5.91 Å². The SMILES string of the molecule is CCOC(=O)Nc1ccc(C(=O)N2CCN(CCCc3nc(-c4ccc(C)cc4)no3)CC2)cc1. The number of aryl methyl sites for hydroxylation is 2. The molecule has 9 heteroatoms. The number of piperazine rings is 1. The van der Waals surface area contributed by atoms with Crippen LogP contribution in [0.3, 0.4) is 0 Å². The normalized spacial score (nSPS) is 14.1. The van der Waals surface area contributed by atoms with Crippen molar-refractivity contribution < 1.29 is 18.8 Å². The minimum atomic E-state index is -0.506. The molecule has 35 heavy (non-hydrogen) atoms. The van der Waals surface area contributed by atoms with Crippen LogP contribution in [0.4, 0.5) is 10.5 Å². The smallest absolute Gasteiger partial charge is 0.411 e. The van der Waals surface area contributed by atoms with Crippen molar-refractivity contribution in [2.24, 2.45) is 0 Å². The molecule has 1 saturated heterocycles. The third kappa shape index (κ3) is 6.66. The topological polar surface area (TPSA) is 101 Å². The largest absolute Gasteiger partial charge is 0.450 e. The number of rotatable bonds is 8. The van der Waals surface area contributed by atoms with Gasteiger partial charge in [0.1, 0.15) is 0 Å². The van der Waals surface area contributed by atoms with Crippen LogP contribution in [0.25, 0.3) is 11.4 Å². The first-order valence-electron chi connectivity index (χ1n) is 12.0. The fourth-order valence-corrected chi connectivity index (χ4v) is 3.97. The molecule has 2 heterocycles. The molecule has 1 fully saturated rings. The maximum atomic E-state index is 12.8. The quantitative estimate of drug-likeness (QED) is 0.523. The van der Waals surface area contributed by atoms with Gasteiger partial charge in [-0.15, -0.1) is 0 Å². The first kappa shape index (κ1) is 24.4. The average Bonchev–Trinajstić information content (AvgIpc) is 3.34. The Morgan fingerprint density at radius 2 is 1.74 bits per heavy atom. The molecule has 1 aromatic heterocycles. The van der Waals surface area contributed by atoms with Crippen LogP contribution in [0, 0.1) is 6.92 Å². The van der Waals surface area contributed by atoms with Gasteiger partial charge in [-0.3, -0.25) is 15.0 Å². The first-order valence-corrected chi connectivity index (χ1v) is 12.0. The minimum Gasteiger partial charge on any atom is -0.450 e. The second-order valence-corrected chi connectivity index (χ2v) is 8.54. The second kappa shape index (κ2) is 11.6. The van der Waals surface area contributed by atoms with Crippen LogP contribution in [0.15, 0.2) is 53.1 Å². The summed E-state index contributed by atoms with van der Waals surface area (Å²) in [7, 11) is 0. The van der Waals surface area contributed by atoms with Gasteiger partial charge in [0, 0.05) is 49.4 Å². The number of amides is 2. The van der Waals surface area contributed by atoms with Crippen LogP contribution in [0.2, 0.25) is 0 Å². The van der Waals surface area contributed by atoms with Crippen molar-refractivity contribution in [3.63, 3.8) is 0 Å². The molecule has 2 aromatic carbocycles. The molecular weight excluding hydrogens is 446 g/mol. The molecule has 1 aliphatic heterocycles. The average molecular weight is 478 g/mol. The van der Waals surface area contributed by atoms with E-state index in [4.69, 9.17) is 9.26 Å². The van der Waals surface area contributed by atoms with E-state index in [0.29, 0.717) is 42.7 Å². The van der Waals surface area contributed by atoms with E-state index in [9.17, 15) is 9.59 Å². The first-order chi connectivity index (χ1) is 17.0. The number of hydrogen-bond acceptors (Lipinski definition) is 7. The molecule has 1 N–H and O–H groups in total. The summed E-state index contributed by atoms with van der Waals surface area (Å²) >= 11 is 0. The summed E-state index contributed by atoms with van der Waals surface area (Å²) in [5, 5.41) is 6.73. The van der Waals surface area contributed by atoms with Gasteiger partial charge in [-0.1, -0.05) is 35.0 Å². The predicted molar refractivity (Wildman–Crippen MR) is 132 cm³/mol. The molecule has 0 unspecified atom stereocenters. The maximum Gasteiger partial charge on any atom is 0.411 e. The summed E-state index contributed by atoms with van der Waals surface area (Å²) in [6.45, 7) is 8.03. The fraction of sp³-hybridized carbons (Fsp3) is 0.385. The predicted octanol–water partition coefficient (Wildman–Crippen LogP) is 4.00. The molecule has 4 rings (SSSR count). The van der Waals surface area contributed by atoms with Gasteiger partial charge in [-0.05, 0) is 51.1 Å². The Morgan fingerprint density at radius 3 is 2.43 bits per heavy atom. The Morgan fingerprint density at radius 1 is 1.03 bits per heavy atom. The zero-order valence-corrected chi connectivity index (χ0v) is 20.2. The van der Waals surface area contributed by atoms with E-state index in [2.05, 4.69) is 20.4 Å². The van der Waals surface area contributed by atoms with E-state index in [1.807, 2.05) is 36.1 Å². The second-order valence-electron chi connectivity index (χ2n) is 8.54. The summed E-state index contributed by atoms with van der Waals surface area (Å²) in [4.78, 5) is 33.1. The van der Waals surface area contributed by atoms with Crippen LogP contribution in [-0.2, 0) is 11.2 Å². The molecule has 0 atom stereocenters. The van der Waals surface area contributed by atoms with E-state index in [1.165, 1.54) is 5.56 Å². The lowest BCUT2D eigenvalue weighted by molar-refractivity contribution is 0.0635. The summed E-state index contributed by atoms with van der Waals surface area (Å²) in [6.07, 6.45) is 1.14. The molecule has 0 aliphatic carbocycles. The van der Waals surface area contributed by atoms with Gasteiger partial charge in [0.05, 0.1) is 6.61 Å². The lowest BCUT2D eigenvalue weighted by atomic mass is 10.1. The number of anilines is 1. The summed E-state index contributed by atoms with van der Waals surface area (Å²) < 4.78 is 10.3. The maximum absolute atomic E-state index is 12.8. The Kier molecular flexibility index (Phi) is 8.10. The van der Waals surface area contributed by atoms with Crippen LogP contribution in [-0.4, -0.2) is 71.3 Å². The molecule has 1 aliphatic rings. The van der Waals surface area contributed by atoms with Crippen LogP contribution >= 0.6 is 0 Å². The van der Waals surface area contributed by atoms with E-state index in [1.54, 1.807) is 31.2 Å². The lowest BCUT2D eigenvalue weighted by Crippen LogP contribution is -2.48. The Bertz CT molecular complexity index is 1120. The Labute approximate surface area is 205 Å². The standard InChI is InChI=1S/C26H31N5O4/c1-3-34-26(33)27-22-12-10-21(11-13-22)25(32)31-17-15-30(16-18-31)14-4-5-23-28-24(29-35-23)20-8-6-19(2)7-9-20/h6-13H,3-5,14-18H2,1-2H3,(H,27,33). The van der Waals surface area contributed by atoms with Crippen molar-refractivity contribution in [2.45, 2.75) is 26.7 Å². The van der Waals surface area contributed by atoms with Gasteiger partial charge in [-0.2, -0.15) is 4.98 Å². The number of carbonyl (C=O) groups is 2. The summed E-state index contributed by atoms with van der Waals surface area (Å²) in [6, 6.07) is 14.9. The van der Waals surface area contributed by atoms with Crippen molar-refractivity contribution in [2.75, 3.05) is 44.6 Å². The number of aromatic nitrogens is 2. The van der Waals surface area contributed by atoms with Crippen molar-refractivity contribution in [1.29, 1.82) is 0 Å². The molecule has 0 bridgehead atoms. The number of nitrogens with zero attached hydrogens (tertiary/aromatic N) is 4. The number of ether oxygens (including phenoxy) is 1. The van der Waals surface area contributed by atoms with Crippen LogP contribution in [0.5, 0.6) is 0 Å². The van der Waals surface area contributed by atoms with E-state index < -0.39 is 6.09 Å². The van der Waals surface area contributed by atoms with E-state index in [-0.39, 0.29) is 5.91 Å². The molecule has 0 radical (unpaired) electrons. The van der Waals surface area contributed by atoms with Crippen molar-refractivity contribution >= 4 is 17.7 Å². The number of nitrogens with one attached hydrogen (secondary N) is 1. The highest BCUT2D eigenvalue weighted by Gasteiger charge is 2.22. The van der Waals surface area contributed by atoms with E-state index >= 15 is 0 Å². The van der Waals surface area contributed by atoms with Gasteiger partial charge in [0.2, 0.25) is 11.7 Å². The summed E-state index contributed by atoms with van der Waals surface area (Å²) in [5.41, 5.74) is 3.35. The van der Waals surface area contributed by atoms with Crippen LogP contribution < -0.4 is 5.32 Å². The zero-order chi connectivity index (χ0) is 24.6. The Balaban J connectivity index is 1.19. The molecular formula is C26H31N5O4. The minimum absolute atomic E-state index is 0.00169. The molecule has 3 aromatic rings. The van der Waals surface area contributed by atoms with Gasteiger partial charge >= 0.3 is 6.09 Å². The highest BCUT2D eigenvalue weighted by atomic mass is 16.5. The van der Waals surface area contributed by atoms with E-state index in [0.717, 1.165) is 38.0 Å². The highest BCUT2D eigenvalue weighted by molar-refractivity contribution is 5.95. The fourth-order valence-electron chi connectivity index (χ4n) is 3.97. The van der Waals surface area contributed by atoms with Gasteiger partial charge in [-0.25, -0.2) is 4.79 Å². The zero-order valence-electron chi connectivity index (χ0n) is 20.2. The monoisotopic (exact) mass is 477 g/mol. The molecule has 184 valence electrons. The van der Waals surface area contributed by atoms with Crippen molar-refractivity contribution in [3.8, 4) is 11.4 Å². The van der Waals surface area contributed by atoms with Crippen molar-refractivity contribution in [3.05, 3.63) is 65.5 Å². The Hall–Kier alpha value is -3.72. The number of hydrogen-bond donors (Lipinski definition) is 1. The highest BCUT2D eigenvalue weighted by Crippen LogP contribution is 2.17. The van der Waals surface area contributed by atoms with Crippen molar-refractivity contribution in [1.82, 2.24) is 19.9 Å². The third-order valence-electron chi connectivity index (χ3n) is 5.96. The van der Waals surface area contributed by atoms with Crippen LogP contribution in [0.1, 0.15) is 35.2 Å². The number of benzene rings is 2. The third-order valence-corrected chi connectivity index (χ3v) is 5.96. The summed E-state index contributed by atoms with van der Waals surface area (Å²) in [5.74, 6) is 1.27. The molecule has 0 spiro atoms. The molecule has 0 saturated carbocycles.